The van der Waals surface area contributed by atoms with Crippen LogP contribution in [0.4, 0.5) is 0 Å². The van der Waals surface area contributed by atoms with Crippen LogP contribution in [0.1, 0.15) is 46.0 Å². The zero-order valence-electron chi connectivity index (χ0n) is 9.70. The number of hydrogen-bond donors (Lipinski definition) is 1. The molecule has 3 nitrogen and oxygen atoms in total. The van der Waals surface area contributed by atoms with E-state index < -0.39 is 0 Å². The third-order valence-corrected chi connectivity index (χ3v) is 4.13. The molecule has 0 bridgehead atoms. The lowest BCUT2D eigenvalue weighted by molar-refractivity contribution is -0.137. The predicted octanol–water partition coefficient (Wildman–Crippen LogP) is 1.55. The summed E-state index contributed by atoms with van der Waals surface area (Å²) in [5, 5.41) is 9.79. The van der Waals surface area contributed by atoms with Gasteiger partial charge in [0.25, 0.3) is 0 Å². The highest BCUT2D eigenvalue weighted by molar-refractivity contribution is 5.77. The second kappa shape index (κ2) is 3.78. The third-order valence-electron chi connectivity index (χ3n) is 4.13. The van der Waals surface area contributed by atoms with E-state index >= 15 is 0 Å². The molecule has 0 aromatic rings. The molecule has 15 heavy (non-hydrogen) atoms. The molecule has 1 amide bonds. The Morgan fingerprint density at radius 3 is 2.47 bits per heavy atom. The molecule has 1 aliphatic carbocycles. The number of hydrogen-bond acceptors (Lipinski definition) is 2. The second-order valence-corrected chi connectivity index (χ2v) is 5.50. The topological polar surface area (TPSA) is 40.5 Å². The molecule has 0 spiro atoms. The van der Waals surface area contributed by atoms with E-state index in [1.807, 2.05) is 18.7 Å². The van der Waals surface area contributed by atoms with E-state index in [-0.39, 0.29) is 17.6 Å². The van der Waals surface area contributed by atoms with Crippen LogP contribution in [-0.2, 0) is 4.79 Å². The maximum Gasteiger partial charge on any atom is 0.223 e. The third kappa shape index (κ3) is 1.89. The van der Waals surface area contributed by atoms with Crippen LogP contribution in [0.25, 0.3) is 0 Å². The summed E-state index contributed by atoms with van der Waals surface area (Å²) in [5.74, 6) is 0.854. The van der Waals surface area contributed by atoms with Gasteiger partial charge in [-0.25, -0.2) is 0 Å². The molecule has 1 aliphatic heterocycles. The molecule has 1 saturated carbocycles. The summed E-state index contributed by atoms with van der Waals surface area (Å²) in [4.78, 5) is 13.9. The highest BCUT2D eigenvalue weighted by Gasteiger charge is 2.43. The van der Waals surface area contributed by atoms with E-state index in [9.17, 15) is 9.90 Å². The fourth-order valence-electron chi connectivity index (χ4n) is 2.57. The van der Waals surface area contributed by atoms with E-state index in [1.54, 1.807) is 0 Å². The summed E-state index contributed by atoms with van der Waals surface area (Å²) in [5.41, 5.74) is -0.360. The molecule has 1 N–H and O–H groups in total. The average Bonchev–Trinajstić information content (AvgIpc) is 2.35. The van der Waals surface area contributed by atoms with Crippen molar-refractivity contribution in [3.8, 4) is 0 Å². The molecule has 0 aromatic carbocycles. The van der Waals surface area contributed by atoms with Crippen LogP contribution in [0.15, 0.2) is 0 Å². The maximum absolute atomic E-state index is 12.0. The number of amides is 1. The molecule has 1 saturated heterocycles. The van der Waals surface area contributed by atoms with Crippen molar-refractivity contribution < 1.29 is 9.90 Å². The Kier molecular flexibility index (Phi) is 2.75. The van der Waals surface area contributed by atoms with Crippen LogP contribution in [0.3, 0.4) is 0 Å². The Morgan fingerprint density at radius 1 is 1.40 bits per heavy atom. The molecular formula is C12H21NO2. The van der Waals surface area contributed by atoms with Crippen molar-refractivity contribution in [2.45, 2.75) is 57.6 Å². The molecule has 2 aliphatic rings. The first-order valence-electron chi connectivity index (χ1n) is 6.00. The SMILES string of the molecule is CC1(C)C(O)CCN1C(=O)CC1CCC1. The molecule has 1 atom stereocenters. The zero-order chi connectivity index (χ0) is 11.1. The van der Waals surface area contributed by atoms with Crippen molar-refractivity contribution in [2.75, 3.05) is 6.54 Å². The Bertz CT molecular complexity index is 258. The minimum absolute atomic E-state index is 0.237. The highest BCUT2D eigenvalue weighted by atomic mass is 16.3. The number of likely N-dealkylation sites (tertiary alicyclic amines) is 1. The van der Waals surface area contributed by atoms with Crippen LogP contribution in [0.2, 0.25) is 0 Å². The molecule has 0 aromatic heterocycles. The fourth-order valence-corrected chi connectivity index (χ4v) is 2.57. The van der Waals surface area contributed by atoms with Gasteiger partial charge in [-0.3, -0.25) is 4.79 Å². The predicted molar refractivity (Wildman–Crippen MR) is 58.4 cm³/mol. The van der Waals surface area contributed by atoms with E-state index in [0.717, 1.165) is 13.0 Å². The molecule has 0 radical (unpaired) electrons. The van der Waals surface area contributed by atoms with Gasteiger partial charge >= 0.3 is 0 Å². The Hall–Kier alpha value is -0.570. The standard InChI is InChI=1S/C12H21NO2/c1-12(2)10(14)6-7-13(12)11(15)8-9-4-3-5-9/h9-10,14H,3-8H2,1-2H3. The van der Waals surface area contributed by atoms with E-state index in [0.29, 0.717) is 12.3 Å². The molecule has 1 heterocycles. The van der Waals surface area contributed by atoms with Crippen molar-refractivity contribution >= 4 is 5.91 Å². The van der Waals surface area contributed by atoms with E-state index in [1.165, 1.54) is 19.3 Å². The second-order valence-electron chi connectivity index (χ2n) is 5.50. The monoisotopic (exact) mass is 211 g/mol. The van der Waals surface area contributed by atoms with Gasteiger partial charge in [0, 0.05) is 13.0 Å². The Labute approximate surface area is 91.5 Å². The molecule has 2 rings (SSSR count). The van der Waals surface area contributed by atoms with Gasteiger partial charge in [0.05, 0.1) is 11.6 Å². The van der Waals surface area contributed by atoms with Crippen LogP contribution in [0.5, 0.6) is 0 Å². The number of nitrogens with zero attached hydrogens (tertiary/aromatic N) is 1. The first-order chi connectivity index (χ1) is 7.01. The van der Waals surface area contributed by atoms with Crippen molar-refractivity contribution in [1.82, 2.24) is 4.90 Å². The molecule has 3 heteroatoms. The normalized spacial score (nSPS) is 30.3. The first-order valence-corrected chi connectivity index (χ1v) is 6.00. The van der Waals surface area contributed by atoms with Gasteiger partial charge in [-0.2, -0.15) is 0 Å². The Morgan fingerprint density at radius 2 is 2.07 bits per heavy atom. The zero-order valence-corrected chi connectivity index (χ0v) is 9.70. The van der Waals surface area contributed by atoms with Gasteiger partial charge in [0.2, 0.25) is 5.91 Å². The van der Waals surface area contributed by atoms with Crippen LogP contribution in [0, 0.1) is 5.92 Å². The number of aliphatic hydroxyl groups is 1. The lowest BCUT2D eigenvalue weighted by atomic mass is 9.82. The summed E-state index contributed by atoms with van der Waals surface area (Å²) in [6.07, 6.45) is 4.76. The van der Waals surface area contributed by atoms with Crippen LogP contribution >= 0.6 is 0 Å². The minimum atomic E-state index is -0.360. The fraction of sp³-hybridized carbons (Fsp3) is 0.917. The highest BCUT2D eigenvalue weighted by Crippen LogP contribution is 2.34. The molecule has 86 valence electrons. The number of carbonyl (C=O) groups excluding carboxylic acids is 1. The summed E-state index contributed by atoms with van der Waals surface area (Å²) in [7, 11) is 0. The molecule has 1 unspecified atom stereocenters. The summed E-state index contributed by atoms with van der Waals surface area (Å²) in [6.45, 7) is 4.65. The Balaban J connectivity index is 1.94. The van der Waals surface area contributed by atoms with Crippen molar-refractivity contribution in [1.29, 1.82) is 0 Å². The average molecular weight is 211 g/mol. The number of rotatable bonds is 2. The largest absolute Gasteiger partial charge is 0.391 e. The van der Waals surface area contributed by atoms with Crippen molar-refractivity contribution in [2.24, 2.45) is 5.92 Å². The molecule has 2 fully saturated rings. The summed E-state index contributed by atoms with van der Waals surface area (Å²) >= 11 is 0. The number of carbonyl (C=O) groups is 1. The van der Waals surface area contributed by atoms with Gasteiger partial charge in [-0.15, -0.1) is 0 Å². The lowest BCUT2D eigenvalue weighted by Gasteiger charge is -2.36. The first kappa shape index (κ1) is 10.9. The molecular weight excluding hydrogens is 190 g/mol. The van der Waals surface area contributed by atoms with Crippen molar-refractivity contribution in [3.05, 3.63) is 0 Å². The van der Waals surface area contributed by atoms with Crippen molar-refractivity contribution in [3.63, 3.8) is 0 Å². The lowest BCUT2D eigenvalue weighted by Crippen LogP contribution is -2.48. The van der Waals surface area contributed by atoms with Gasteiger partial charge in [-0.05, 0) is 39.0 Å². The quantitative estimate of drug-likeness (QED) is 0.753. The smallest absolute Gasteiger partial charge is 0.223 e. The van der Waals surface area contributed by atoms with Crippen LogP contribution < -0.4 is 0 Å². The van der Waals surface area contributed by atoms with Gasteiger partial charge in [0.1, 0.15) is 0 Å². The van der Waals surface area contributed by atoms with E-state index in [4.69, 9.17) is 0 Å². The van der Waals surface area contributed by atoms with Gasteiger partial charge < -0.3 is 10.0 Å². The van der Waals surface area contributed by atoms with Gasteiger partial charge in [0.15, 0.2) is 0 Å². The van der Waals surface area contributed by atoms with Crippen LogP contribution in [-0.4, -0.2) is 34.1 Å². The van der Waals surface area contributed by atoms with Gasteiger partial charge in [-0.1, -0.05) is 6.42 Å². The minimum Gasteiger partial charge on any atom is -0.391 e. The van der Waals surface area contributed by atoms with E-state index in [2.05, 4.69) is 0 Å². The summed E-state index contributed by atoms with van der Waals surface area (Å²) < 4.78 is 0. The summed E-state index contributed by atoms with van der Waals surface area (Å²) in [6, 6.07) is 0. The maximum atomic E-state index is 12.0. The number of aliphatic hydroxyl groups excluding tert-OH is 1.